The summed E-state index contributed by atoms with van der Waals surface area (Å²) in [7, 11) is 0. The molecule has 1 aliphatic heterocycles. The highest BCUT2D eigenvalue weighted by atomic mass is 16.4. The summed E-state index contributed by atoms with van der Waals surface area (Å²) in [5, 5.41) is 12.2. The molecule has 0 aromatic heterocycles. The highest BCUT2D eigenvalue weighted by molar-refractivity contribution is 5.92. The standard InChI is InChI=1S/C16H22N2O3/c1-3-16(15(20)21)7-8-18(11-16)10-14(19)17-13-6-4-5-12(2)9-13/h4-6,9H,3,7-8,10-11H2,1-2H3,(H,17,19)(H,20,21). The van der Waals surface area contributed by atoms with E-state index in [9.17, 15) is 14.7 Å². The molecule has 1 aromatic rings. The van der Waals surface area contributed by atoms with Crippen LogP contribution in [0.25, 0.3) is 0 Å². The second-order valence-electron chi connectivity index (χ2n) is 5.82. The van der Waals surface area contributed by atoms with Crippen molar-refractivity contribution in [3.63, 3.8) is 0 Å². The van der Waals surface area contributed by atoms with Gasteiger partial charge in [-0.15, -0.1) is 0 Å². The van der Waals surface area contributed by atoms with E-state index in [4.69, 9.17) is 0 Å². The zero-order chi connectivity index (χ0) is 15.5. The number of hydrogen-bond donors (Lipinski definition) is 2. The lowest BCUT2D eigenvalue weighted by Gasteiger charge is -2.22. The van der Waals surface area contributed by atoms with Gasteiger partial charge in [0, 0.05) is 12.2 Å². The molecule has 5 heteroatoms. The van der Waals surface area contributed by atoms with Crippen molar-refractivity contribution in [2.45, 2.75) is 26.7 Å². The van der Waals surface area contributed by atoms with Crippen molar-refractivity contribution in [2.75, 3.05) is 25.0 Å². The second-order valence-corrected chi connectivity index (χ2v) is 5.82. The number of benzene rings is 1. The molecule has 2 rings (SSSR count). The molecule has 1 aromatic carbocycles. The molecule has 1 fully saturated rings. The van der Waals surface area contributed by atoms with E-state index in [2.05, 4.69) is 5.32 Å². The Balaban J connectivity index is 1.91. The van der Waals surface area contributed by atoms with Crippen LogP contribution in [-0.4, -0.2) is 41.5 Å². The van der Waals surface area contributed by atoms with Crippen LogP contribution in [0.5, 0.6) is 0 Å². The van der Waals surface area contributed by atoms with Crippen molar-refractivity contribution in [1.82, 2.24) is 4.90 Å². The van der Waals surface area contributed by atoms with Gasteiger partial charge < -0.3 is 10.4 Å². The van der Waals surface area contributed by atoms with E-state index in [1.807, 2.05) is 43.0 Å². The third-order valence-corrected chi connectivity index (χ3v) is 4.23. The molecule has 5 nitrogen and oxygen atoms in total. The summed E-state index contributed by atoms with van der Waals surface area (Å²) in [6.45, 7) is 5.20. The number of rotatable bonds is 5. The van der Waals surface area contributed by atoms with Crippen molar-refractivity contribution in [2.24, 2.45) is 5.41 Å². The molecule has 1 aliphatic rings. The second kappa shape index (κ2) is 6.26. The number of amides is 1. The van der Waals surface area contributed by atoms with Crippen molar-refractivity contribution in [3.05, 3.63) is 29.8 Å². The van der Waals surface area contributed by atoms with E-state index in [-0.39, 0.29) is 12.5 Å². The Labute approximate surface area is 125 Å². The summed E-state index contributed by atoms with van der Waals surface area (Å²) in [6, 6.07) is 7.63. The smallest absolute Gasteiger partial charge is 0.310 e. The van der Waals surface area contributed by atoms with Crippen LogP contribution in [0.3, 0.4) is 0 Å². The number of hydrogen-bond acceptors (Lipinski definition) is 3. The maximum atomic E-state index is 12.0. The number of anilines is 1. The van der Waals surface area contributed by atoms with Gasteiger partial charge in [-0.05, 0) is 44.0 Å². The summed E-state index contributed by atoms with van der Waals surface area (Å²) in [5.74, 6) is -0.857. The molecular formula is C16H22N2O3. The van der Waals surface area contributed by atoms with Crippen LogP contribution in [0.2, 0.25) is 0 Å². The minimum absolute atomic E-state index is 0.0992. The van der Waals surface area contributed by atoms with Crippen molar-refractivity contribution in [1.29, 1.82) is 0 Å². The molecule has 1 atom stereocenters. The third kappa shape index (κ3) is 3.61. The number of likely N-dealkylation sites (tertiary alicyclic amines) is 1. The Morgan fingerprint density at radius 1 is 1.43 bits per heavy atom. The van der Waals surface area contributed by atoms with Gasteiger partial charge >= 0.3 is 5.97 Å². The molecule has 114 valence electrons. The molecular weight excluding hydrogens is 268 g/mol. The molecule has 1 heterocycles. The first kappa shape index (κ1) is 15.5. The molecule has 1 unspecified atom stereocenters. The van der Waals surface area contributed by atoms with E-state index in [1.54, 1.807) is 0 Å². The normalized spacial score (nSPS) is 22.2. The molecule has 1 saturated heterocycles. The predicted molar refractivity (Wildman–Crippen MR) is 81.2 cm³/mol. The molecule has 2 N–H and O–H groups in total. The van der Waals surface area contributed by atoms with Crippen LogP contribution < -0.4 is 5.32 Å². The van der Waals surface area contributed by atoms with Gasteiger partial charge in [-0.25, -0.2) is 0 Å². The highest BCUT2D eigenvalue weighted by Crippen LogP contribution is 2.33. The lowest BCUT2D eigenvalue weighted by Crippen LogP contribution is -2.37. The Bertz CT molecular complexity index is 544. The van der Waals surface area contributed by atoms with Crippen LogP contribution in [0, 0.1) is 12.3 Å². The molecule has 0 radical (unpaired) electrons. The summed E-state index contributed by atoms with van der Waals surface area (Å²) in [5.41, 5.74) is 1.17. The van der Waals surface area contributed by atoms with Crippen LogP contribution in [0.1, 0.15) is 25.3 Å². The molecule has 0 spiro atoms. The fraction of sp³-hybridized carbons (Fsp3) is 0.500. The first-order valence-electron chi connectivity index (χ1n) is 7.27. The summed E-state index contributed by atoms with van der Waals surface area (Å²) in [4.78, 5) is 25.4. The van der Waals surface area contributed by atoms with Gasteiger partial charge in [0.1, 0.15) is 0 Å². The fourth-order valence-corrected chi connectivity index (χ4v) is 2.83. The number of aliphatic carboxylic acids is 1. The topological polar surface area (TPSA) is 69.6 Å². The van der Waals surface area contributed by atoms with Gasteiger partial charge in [0.25, 0.3) is 0 Å². The summed E-state index contributed by atoms with van der Waals surface area (Å²) in [6.07, 6.45) is 1.20. The summed E-state index contributed by atoms with van der Waals surface area (Å²) < 4.78 is 0. The Morgan fingerprint density at radius 3 is 2.76 bits per heavy atom. The van der Waals surface area contributed by atoms with Gasteiger partial charge in [0.15, 0.2) is 0 Å². The Kier molecular flexibility index (Phi) is 4.63. The highest BCUT2D eigenvalue weighted by Gasteiger charge is 2.43. The van der Waals surface area contributed by atoms with Crippen molar-refractivity contribution in [3.8, 4) is 0 Å². The molecule has 0 saturated carbocycles. The van der Waals surface area contributed by atoms with E-state index >= 15 is 0 Å². The van der Waals surface area contributed by atoms with Crippen molar-refractivity contribution < 1.29 is 14.7 Å². The average Bonchev–Trinajstić information content (AvgIpc) is 2.83. The molecule has 0 bridgehead atoms. The quantitative estimate of drug-likeness (QED) is 0.871. The monoisotopic (exact) mass is 290 g/mol. The minimum atomic E-state index is -0.758. The van der Waals surface area contributed by atoms with Crippen LogP contribution in [-0.2, 0) is 9.59 Å². The Hall–Kier alpha value is -1.88. The van der Waals surface area contributed by atoms with Crippen molar-refractivity contribution >= 4 is 17.6 Å². The van der Waals surface area contributed by atoms with Gasteiger partial charge in [-0.2, -0.15) is 0 Å². The fourth-order valence-electron chi connectivity index (χ4n) is 2.83. The van der Waals surface area contributed by atoms with E-state index in [0.29, 0.717) is 25.9 Å². The van der Waals surface area contributed by atoms with Crippen LogP contribution >= 0.6 is 0 Å². The number of carbonyl (C=O) groups excluding carboxylic acids is 1. The van der Waals surface area contributed by atoms with Crippen LogP contribution in [0.4, 0.5) is 5.69 Å². The number of aryl methyl sites for hydroxylation is 1. The minimum Gasteiger partial charge on any atom is -0.481 e. The summed E-state index contributed by atoms with van der Waals surface area (Å²) >= 11 is 0. The van der Waals surface area contributed by atoms with Gasteiger partial charge in [0.2, 0.25) is 5.91 Å². The first-order valence-corrected chi connectivity index (χ1v) is 7.27. The van der Waals surface area contributed by atoms with E-state index in [0.717, 1.165) is 11.3 Å². The number of carboxylic acid groups (broad SMARTS) is 1. The zero-order valence-electron chi connectivity index (χ0n) is 12.6. The van der Waals surface area contributed by atoms with E-state index < -0.39 is 11.4 Å². The largest absolute Gasteiger partial charge is 0.481 e. The zero-order valence-corrected chi connectivity index (χ0v) is 12.6. The predicted octanol–water partition coefficient (Wildman–Crippen LogP) is 2.12. The van der Waals surface area contributed by atoms with Gasteiger partial charge in [-0.1, -0.05) is 19.1 Å². The number of carboxylic acids is 1. The molecule has 0 aliphatic carbocycles. The average molecular weight is 290 g/mol. The number of carbonyl (C=O) groups is 2. The Morgan fingerprint density at radius 2 is 2.19 bits per heavy atom. The SMILES string of the molecule is CCC1(C(=O)O)CCN(CC(=O)Nc2cccc(C)c2)C1. The first-order chi connectivity index (χ1) is 9.95. The molecule has 21 heavy (non-hydrogen) atoms. The van der Waals surface area contributed by atoms with Crippen LogP contribution in [0.15, 0.2) is 24.3 Å². The third-order valence-electron chi connectivity index (χ3n) is 4.23. The van der Waals surface area contributed by atoms with Gasteiger partial charge in [0.05, 0.1) is 12.0 Å². The van der Waals surface area contributed by atoms with E-state index in [1.165, 1.54) is 0 Å². The van der Waals surface area contributed by atoms with Gasteiger partial charge in [-0.3, -0.25) is 14.5 Å². The number of nitrogens with zero attached hydrogens (tertiary/aromatic N) is 1. The lowest BCUT2D eigenvalue weighted by atomic mass is 9.84. The number of nitrogens with one attached hydrogen (secondary N) is 1. The maximum Gasteiger partial charge on any atom is 0.310 e. The lowest BCUT2D eigenvalue weighted by molar-refractivity contribution is -0.148. The maximum absolute atomic E-state index is 12.0. The molecule has 1 amide bonds.